The van der Waals surface area contributed by atoms with Crippen LogP contribution in [0, 0.1) is 13.8 Å². The fraction of sp³-hybridized carbons (Fsp3) is 0.241. The zero-order valence-corrected chi connectivity index (χ0v) is 22.1. The molecule has 0 unspecified atom stereocenters. The zero-order chi connectivity index (χ0) is 25.1. The number of nitrogens with one attached hydrogen (secondary N) is 2. The summed E-state index contributed by atoms with van der Waals surface area (Å²) in [6.45, 7) is 6.02. The molecule has 0 aliphatic carbocycles. The van der Waals surface area contributed by atoms with E-state index < -0.39 is 0 Å². The molecule has 0 radical (unpaired) electrons. The number of pyridine rings is 1. The van der Waals surface area contributed by atoms with Gasteiger partial charge in [0.05, 0.1) is 17.8 Å². The normalized spacial score (nSPS) is 17.3. The lowest BCUT2D eigenvalue weighted by molar-refractivity contribution is 0.315. The molecule has 2 atom stereocenters. The van der Waals surface area contributed by atoms with Gasteiger partial charge in [-0.15, -0.1) is 0 Å². The van der Waals surface area contributed by atoms with Crippen molar-refractivity contribution in [3.63, 3.8) is 0 Å². The quantitative estimate of drug-likeness (QED) is 0.204. The maximum atomic E-state index is 6.33. The second-order valence-electron chi connectivity index (χ2n) is 9.11. The third-order valence-electron chi connectivity index (χ3n) is 6.73. The first-order valence-corrected chi connectivity index (χ1v) is 13.0. The van der Waals surface area contributed by atoms with Crippen molar-refractivity contribution >= 4 is 34.6 Å². The van der Waals surface area contributed by atoms with Crippen LogP contribution < -0.4 is 10.6 Å². The number of thiocarbonyl (C=S) groups is 1. The minimum absolute atomic E-state index is 0.0308. The van der Waals surface area contributed by atoms with Crippen molar-refractivity contribution in [2.24, 2.45) is 0 Å². The highest BCUT2D eigenvalue weighted by atomic mass is 35.5. The Kier molecular flexibility index (Phi) is 7.25. The number of para-hydroxylation sites is 1. The molecule has 2 aromatic carbocycles. The first kappa shape index (κ1) is 24.3. The van der Waals surface area contributed by atoms with Crippen molar-refractivity contribution in [3.05, 3.63) is 113 Å². The van der Waals surface area contributed by atoms with Crippen LogP contribution in [0.1, 0.15) is 41.1 Å². The molecule has 5 rings (SSSR count). The molecule has 4 aromatic rings. The molecule has 0 saturated carbocycles. The van der Waals surface area contributed by atoms with E-state index in [-0.39, 0.29) is 12.1 Å². The van der Waals surface area contributed by atoms with Crippen LogP contribution in [-0.4, -0.2) is 32.7 Å². The van der Waals surface area contributed by atoms with E-state index in [0.717, 1.165) is 52.4 Å². The summed E-state index contributed by atoms with van der Waals surface area (Å²) >= 11 is 12.2. The van der Waals surface area contributed by atoms with Gasteiger partial charge in [0.1, 0.15) is 0 Å². The molecule has 184 valence electrons. The number of rotatable bonds is 8. The van der Waals surface area contributed by atoms with Crippen molar-refractivity contribution in [3.8, 4) is 5.69 Å². The monoisotopic (exact) mass is 515 g/mol. The second kappa shape index (κ2) is 10.7. The van der Waals surface area contributed by atoms with E-state index >= 15 is 0 Å². The summed E-state index contributed by atoms with van der Waals surface area (Å²) < 4.78 is 2.27. The minimum atomic E-state index is -0.0332. The van der Waals surface area contributed by atoms with Gasteiger partial charge in [-0.05, 0) is 86.6 Å². The highest BCUT2D eigenvalue weighted by molar-refractivity contribution is 7.80. The van der Waals surface area contributed by atoms with Gasteiger partial charge in [0.15, 0.2) is 5.11 Å². The maximum Gasteiger partial charge on any atom is 0.170 e. The molecule has 1 aliphatic rings. The molecule has 0 amide bonds. The lowest BCUT2D eigenvalue weighted by Gasteiger charge is -2.28. The van der Waals surface area contributed by atoms with E-state index in [4.69, 9.17) is 23.8 Å². The molecule has 7 heteroatoms. The third-order valence-corrected chi connectivity index (χ3v) is 7.32. The number of nitrogens with zero attached hydrogens (tertiary/aromatic N) is 3. The van der Waals surface area contributed by atoms with Gasteiger partial charge < -0.3 is 20.1 Å². The summed E-state index contributed by atoms with van der Waals surface area (Å²) in [6.07, 6.45) is 2.80. The molecule has 36 heavy (non-hydrogen) atoms. The fourth-order valence-electron chi connectivity index (χ4n) is 5.12. The summed E-state index contributed by atoms with van der Waals surface area (Å²) in [5.74, 6) is 0. The molecule has 1 aliphatic heterocycles. The number of aryl methyl sites for hydroxylation is 1. The van der Waals surface area contributed by atoms with Crippen LogP contribution in [0.2, 0.25) is 5.02 Å². The molecule has 1 fully saturated rings. The molecule has 0 bridgehead atoms. The van der Waals surface area contributed by atoms with E-state index in [1.54, 1.807) is 0 Å². The van der Waals surface area contributed by atoms with Gasteiger partial charge in [0.2, 0.25) is 0 Å². The Morgan fingerprint density at radius 3 is 2.56 bits per heavy atom. The predicted molar refractivity (Wildman–Crippen MR) is 152 cm³/mol. The Hall–Kier alpha value is -3.35. The van der Waals surface area contributed by atoms with Gasteiger partial charge in [-0.25, -0.2) is 0 Å². The molecular formula is C29H30ClN5S. The van der Waals surface area contributed by atoms with Crippen molar-refractivity contribution in [1.82, 2.24) is 19.8 Å². The Morgan fingerprint density at radius 2 is 1.81 bits per heavy atom. The molecule has 5 nitrogen and oxygen atoms in total. The zero-order valence-electron chi connectivity index (χ0n) is 20.5. The molecule has 3 heterocycles. The van der Waals surface area contributed by atoms with Crippen LogP contribution in [0.3, 0.4) is 0 Å². The fourth-order valence-corrected chi connectivity index (χ4v) is 5.64. The number of hydrogen-bond donors (Lipinski definition) is 2. The number of halogens is 1. The van der Waals surface area contributed by atoms with Crippen LogP contribution in [0.25, 0.3) is 5.69 Å². The highest BCUT2D eigenvalue weighted by Gasteiger charge is 2.41. The second-order valence-corrected chi connectivity index (χ2v) is 9.93. The van der Waals surface area contributed by atoms with Crippen molar-refractivity contribution in [2.75, 3.05) is 18.4 Å². The van der Waals surface area contributed by atoms with Gasteiger partial charge in [-0.2, -0.15) is 0 Å². The van der Waals surface area contributed by atoms with E-state index in [9.17, 15) is 0 Å². The average molecular weight is 516 g/mol. The van der Waals surface area contributed by atoms with Crippen LogP contribution in [0.4, 0.5) is 5.69 Å². The lowest BCUT2D eigenvalue weighted by Crippen LogP contribution is -2.31. The summed E-state index contributed by atoms with van der Waals surface area (Å²) in [7, 11) is 0. The predicted octanol–water partition coefficient (Wildman–Crippen LogP) is 6.62. The van der Waals surface area contributed by atoms with Crippen LogP contribution in [-0.2, 0) is 0 Å². The van der Waals surface area contributed by atoms with E-state index in [2.05, 4.69) is 69.3 Å². The Balaban J connectivity index is 1.46. The molecular weight excluding hydrogens is 486 g/mol. The smallest absolute Gasteiger partial charge is 0.170 e. The largest absolute Gasteiger partial charge is 0.385 e. The molecule has 2 N–H and O–H groups in total. The number of anilines is 1. The minimum Gasteiger partial charge on any atom is -0.385 e. The third kappa shape index (κ3) is 4.97. The first-order valence-electron chi connectivity index (χ1n) is 12.2. The van der Waals surface area contributed by atoms with E-state index in [0.29, 0.717) is 0 Å². The molecule has 0 spiro atoms. The van der Waals surface area contributed by atoms with Crippen molar-refractivity contribution in [2.45, 2.75) is 32.4 Å². The Labute approximate surface area is 223 Å². The first-order chi connectivity index (χ1) is 17.5. The summed E-state index contributed by atoms with van der Waals surface area (Å²) in [6, 6.07) is 26.6. The lowest BCUT2D eigenvalue weighted by atomic mass is 9.96. The number of benzene rings is 2. The summed E-state index contributed by atoms with van der Waals surface area (Å²) in [4.78, 5) is 7.01. The van der Waals surface area contributed by atoms with Gasteiger partial charge in [0, 0.05) is 47.1 Å². The standard InChI is InChI=1S/C29H30ClN5S/c1-20-18-25(21(2)35(20)24-13-8-10-22(30)19-24)28-27(26-14-6-7-15-32-26)33-29(36)34(28)17-9-16-31-23-11-4-3-5-12-23/h3-8,10-15,18-19,27-28,31H,9,16-17H2,1-2H3,(H,33,36)/t27-,28+/m0/s1. The maximum absolute atomic E-state index is 6.33. The van der Waals surface area contributed by atoms with Crippen LogP contribution >= 0.6 is 23.8 Å². The van der Waals surface area contributed by atoms with Crippen LogP contribution in [0.5, 0.6) is 0 Å². The van der Waals surface area contributed by atoms with Crippen LogP contribution in [0.15, 0.2) is 85.1 Å². The summed E-state index contributed by atoms with van der Waals surface area (Å²) in [5.41, 5.74) is 6.76. The van der Waals surface area contributed by atoms with Gasteiger partial charge >= 0.3 is 0 Å². The Morgan fingerprint density at radius 1 is 1.00 bits per heavy atom. The Bertz CT molecular complexity index is 1340. The summed E-state index contributed by atoms with van der Waals surface area (Å²) in [5, 5.41) is 8.58. The van der Waals surface area contributed by atoms with Gasteiger partial charge in [-0.1, -0.05) is 41.9 Å². The number of aromatic nitrogens is 2. The van der Waals surface area contributed by atoms with Gasteiger partial charge in [-0.3, -0.25) is 4.98 Å². The van der Waals surface area contributed by atoms with Crippen molar-refractivity contribution < 1.29 is 0 Å². The number of hydrogen-bond acceptors (Lipinski definition) is 3. The molecule has 1 saturated heterocycles. The topological polar surface area (TPSA) is 45.1 Å². The molecule has 2 aromatic heterocycles. The SMILES string of the molecule is Cc1cc([C@@H]2[C@H](c3ccccn3)NC(=S)N2CCCNc2ccccc2)c(C)n1-c1cccc(Cl)c1. The van der Waals surface area contributed by atoms with Gasteiger partial charge in [0.25, 0.3) is 0 Å². The average Bonchev–Trinajstić information content (AvgIpc) is 3.37. The van der Waals surface area contributed by atoms with Crippen molar-refractivity contribution in [1.29, 1.82) is 0 Å². The highest BCUT2D eigenvalue weighted by Crippen LogP contribution is 2.41. The van der Waals surface area contributed by atoms with E-state index in [1.807, 2.05) is 54.7 Å². The van der Waals surface area contributed by atoms with E-state index in [1.165, 1.54) is 11.3 Å².